The summed E-state index contributed by atoms with van der Waals surface area (Å²) in [7, 11) is 0. The van der Waals surface area contributed by atoms with E-state index in [1.807, 2.05) is 0 Å². The van der Waals surface area contributed by atoms with E-state index in [-0.39, 0.29) is 24.0 Å². The molecular weight excluding hydrogens is 252 g/mol. The number of nitrogens with zero attached hydrogens (tertiary/aromatic N) is 1. The molecule has 1 aliphatic carbocycles. The van der Waals surface area contributed by atoms with E-state index in [0.29, 0.717) is 11.5 Å². The van der Waals surface area contributed by atoms with Crippen LogP contribution in [-0.4, -0.2) is 22.9 Å². The first-order chi connectivity index (χ1) is 9.08. The van der Waals surface area contributed by atoms with Gasteiger partial charge < -0.3 is 20.3 Å². The zero-order valence-corrected chi connectivity index (χ0v) is 10.1. The number of benzene rings is 1. The summed E-state index contributed by atoms with van der Waals surface area (Å²) in [6.07, 6.45) is 1.06. The molecular formula is C12H14N2O5. The quantitative estimate of drug-likeness (QED) is 0.624. The van der Waals surface area contributed by atoms with Crippen LogP contribution in [-0.2, 0) is 0 Å². The second-order valence-electron chi connectivity index (χ2n) is 4.88. The van der Waals surface area contributed by atoms with Crippen molar-refractivity contribution in [2.24, 2.45) is 11.7 Å². The van der Waals surface area contributed by atoms with E-state index in [1.165, 1.54) is 12.1 Å². The van der Waals surface area contributed by atoms with Crippen LogP contribution in [0.25, 0.3) is 0 Å². The van der Waals surface area contributed by atoms with Crippen molar-refractivity contribution in [2.45, 2.75) is 25.0 Å². The number of ether oxygens (including phenoxy) is 2. The standard InChI is InChI=1S/C12H14N2O5/c13-11(12(15)6-1-2-6)7-3-9-10(19-5-18-9)4-8(7)14(16)17/h3-4,6,11-12,15H,1-2,5,13H2/t11-,12+/m1/s1. The fourth-order valence-electron chi connectivity index (χ4n) is 2.29. The Bertz CT molecular complexity index is 529. The van der Waals surface area contributed by atoms with Crippen molar-refractivity contribution in [3.8, 4) is 11.5 Å². The fourth-order valence-corrected chi connectivity index (χ4v) is 2.29. The number of aliphatic hydroxyl groups is 1. The van der Waals surface area contributed by atoms with Crippen LogP contribution >= 0.6 is 0 Å². The average Bonchev–Trinajstić information content (AvgIpc) is 3.14. The summed E-state index contributed by atoms with van der Waals surface area (Å²) in [6.45, 7) is 0.0381. The molecule has 3 rings (SSSR count). The Morgan fingerprint density at radius 2 is 2.00 bits per heavy atom. The lowest BCUT2D eigenvalue weighted by Gasteiger charge is -2.19. The van der Waals surface area contributed by atoms with E-state index in [0.717, 1.165) is 12.8 Å². The third-order valence-corrected chi connectivity index (χ3v) is 3.55. The normalized spacial score (nSPS) is 20.1. The monoisotopic (exact) mass is 266 g/mol. The highest BCUT2D eigenvalue weighted by atomic mass is 16.7. The Kier molecular flexibility index (Phi) is 2.79. The van der Waals surface area contributed by atoms with Gasteiger partial charge in [-0.2, -0.15) is 0 Å². The number of hydrogen-bond acceptors (Lipinski definition) is 6. The molecule has 1 fully saturated rings. The van der Waals surface area contributed by atoms with Gasteiger partial charge in [0.2, 0.25) is 6.79 Å². The van der Waals surface area contributed by atoms with Gasteiger partial charge in [0.25, 0.3) is 5.69 Å². The maximum absolute atomic E-state index is 11.1. The largest absolute Gasteiger partial charge is 0.454 e. The Morgan fingerprint density at radius 3 is 2.58 bits per heavy atom. The molecule has 1 heterocycles. The van der Waals surface area contributed by atoms with Gasteiger partial charge in [0.05, 0.1) is 28.7 Å². The van der Waals surface area contributed by atoms with Crippen LogP contribution in [0.5, 0.6) is 11.5 Å². The van der Waals surface area contributed by atoms with Crippen LogP contribution in [0, 0.1) is 16.0 Å². The lowest BCUT2D eigenvalue weighted by atomic mass is 9.97. The Morgan fingerprint density at radius 1 is 1.37 bits per heavy atom. The van der Waals surface area contributed by atoms with Crippen molar-refractivity contribution in [2.75, 3.05) is 6.79 Å². The summed E-state index contributed by atoms with van der Waals surface area (Å²) in [5.41, 5.74) is 6.10. The predicted molar refractivity (Wildman–Crippen MR) is 64.9 cm³/mol. The molecule has 7 heteroatoms. The average molecular weight is 266 g/mol. The van der Waals surface area contributed by atoms with Crippen molar-refractivity contribution in [1.29, 1.82) is 0 Å². The van der Waals surface area contributed by atoms with Crippen LogP contribution in [0.2, 0.25) is 0 Å². The van der Waals surface area contributed by atoms with E-state index in [4.69, 9.17) is 15.2 Å². The molecule has 102 valence electrons. The van der Waals surface area contributed by atoms with Gasteiger partial charge in [-0.05, 0) is 24.8 Å². The highest BCUT2D eigenvalue weighted by Gasteiger charge is 2.37. The van der Waals surface area contributed by atoms with Gasteiger partial charge in [0, 0.05) is 0 Å². The fraction of sp³-hybridized carbons (Fsp3) is 0.500. The Labute approximate surface area is 109 Å². The van der Waals surface area contributed by atoms with Gasteiger partial charge in [-0.1, -0.05) is 0 Å². The van der Waals surface area contributed by atoms with Crippen molar-refractivity contribution >= 4 is 5.69 Å². The molecule has 3 N–H and O–H groups in total. The van der Waals surface area contributed by atoms with E-state index in [2.05, 4.69) is 0 Å². The lowest BCUT2D eigenvalue weighted by Crippen LogP contribution is -2.28. The first kappa shape index (κ1) is 12.2. The van der Waals surface area contributed by atoms with Gasteiger partial charge in [0.15, 0.2) is 11.5 Å². The molecule has 0 radical (unpaired) electrons. The van der Waals surface area contributed by atoms with Crippen molar-refractivity contribution < 1.29 is 19.5 Å². The molecule has 0 aromatic heterocycles. The number of aliphatic hydroxyl groups excluding tert-OH is 1. The molecule has 0 spiro atoms. The summed E-state index contributed by atoms with van der Waals surface area (Å²) in [6, 6.07) is 2.01. The number of nitro groups is 1. The zero-order valence-electron chi connectivity index (χ0n) is 10.1. The molecule has 1 saturated carbocycles. The summed E-state index contributed by atoms with van der Waals surface area (Å²) >= 11 is 0. The maximum atomic E-state index is 11.1. The van der Waals surface area contributed by atoms with Crippen LogP contribution in [0.15, 0.2) is 12.1 Å². The molecule has 0 saturated heterocycles. The molecule has 19 heavy (non-hydrogen) atoms. The van der Waals surface area contributed by atoms with E-state index in [9.17, 15) is 15.2 Å². The highest BCUT2D eigenvalue weighted by Crippen LogP contribution is 2.43. The van der Waals surface area contributed by atoms with Crippen LogP contribution in [0.4, 0.5) is 5.69 Å². The van der Waals surface area contributed by atoms with Gasteiger partial charge in [0.1, 0.15) is 0 Å². The van der Waals surface area contributed by atoms with Crippen LogP contribution in [0.1, 0.15) is 24.4 Å². The molecule has 1 aliphatic heterocycles. The molecule has 1 aromatic rings. The maximum Gasteiger partial charge on any atom is 0.278 e. The smallest absolute Gasteiger partial charge is 0.278 e. The second-order valence-corrected chi connectivity index (χ2v) is 4.88. The Balaban J connectivity index is 2.00. The van der Waals surface area contributed by atoms with Gasteiger partial charge in [-0.25, -0.2) is 0 Å². The topological polar surface area (TPSA) is 108 Å². The summed E-state index contributed by atoms with van der Waals surface area (Å²) in [5.74, 6) is 0.905. The zero-order chi connectivity index (χ0) is 13.6. The minimum Gasteiger partial charge on any atom is -0.454 e. The van der Waals surface area contributed by atoms with E-state index in [1.54, 1.807) is 0 Å². The third kappa shape index (κ3) is 2.11. The minimum absolute atomic E-state index is 0.0381. The molecule has 7 nitrogen and oxygen atoms in total. The van der Waals surface area contributed by atoms with Gasteiger partial charge in [-0.15, -0.1) is 0 Å². The van der Waals surface area contributed by atoms with Gasteiger partial charge >= 0.3 is 0 Å². The number of nitro benzene ring substituents is 1. The van der Waals surface area contributed by atoms with Gasteiger partial charge in [-0.3, -0.25) is 10.1 Å². The molecule has 2 atom stereocenters. The lowest BCUT2D eigenvalue weighted by molar-refractivity contribution is -0.385. The second kappa shape index (κ2) is 4.36. The highest BCUT2D eigenvalue weighted by molar-refractivity contribution is 5.56. The number of nitrogens with two attached hydrogens (primary N) is 1. The first-order valence-corrected chi connectivity index (χ1v) is 6.09. The molecule has 0 unspecified atom stereocenters. The molecule has 2 aliphatic rings. The van der Waals surface area contributed by atoms with Crippen molar-refractivity contribution in [3.05, 3.63) is 27.8 Å². The molecule has 1 aromatic carbocycles. The Hall–Kier alpha value is -1.86. The summed E-state index contributed by atoms with van der Waals surface area (Å²) in [5, 5.41) is 21.2. The summed E-state index contributed by atoms with van der Waals surface area (Å²) in [4.78, 5) is 10.6. The van der Waals surface area contributed by atoms with Crippen molar-refractivity contribution in [1.82, 2.24) is 0 Å². The predicted octanol–water partition coefficient (Wildman–Crippen LogP) is 1.09. The van der Waals surface area contributed by atoms with Crippen LogP contribution < -0.4 is 15.2 Å². The minimum atomic E-state index is -0.789. The SMILES string of the molecule is N[C@H](c1cc2c(cc1[N+](=O)[O-])OCO2)[C@@H](O)C1CC1. The first-order valence-electron chi connectivity index (χ1n) is 6.09. The summed E-state index contributed by atoms with van der Waals surface area (Å²) < 4.78 is 10.3. The number of rotatable bonds is 4. The number of fused-ring (bicyclic) bond motifs is 1. The third-order valence-electron chi connectivity index (χ3n) is 3.55. The molecule has 0 amide bonds. The van der Waals surface area contributed by atoms with Crippen LogP contribution in [0.3, 0.4) is 0 Å². The van der Waals surface area contributed by atoms with E-state index >= 15 is 0 Å². The van der Waals surface area contributed by atoms with E-state index < -0.39 is 17.1 Å². The van der Waals surface area contributed by atoms with Crippen molar-refractivity contribution in [3.63, 3.8) is 0 Å². The number of hydrogen-bond donors (Lipinski definition) is 2. The molecule has 0 bridgehead atoms.